The van der Waals surface area contributed by atoms with Crippen molar-refractivity contribution in [1.82, 2.24) is 14.9 Å². The molecule has 1 aliphatic rings. The summed E-state index contributed by atoms with van der Waals surface area (Å²) in [5.41, 5.74) is 2.05. The molecule has 0 spiro atoms. The van der Waals surface area contributed by atoms with E-state index in [4.69, 9.17) is 9.72 Å². The first-order valence-corrected chi connectivity index (χ1v) is 10.5. The van der Waals surface area contributed by atoms with Gasteiger partial charge in [-0.25, -0.2) is 4.98 Å². The number of methoxy groups -OCH3 is 1. The third-order valence-corrected chi connectivity index (χ3v) is 6.08. The summed E-state index contributed by atoms with van der Waals surface area (Å²) < 4.78 is 7.40. The van der Waals surface area contributed by atoms with Crippen LogP contribution in [-0.2, 0) is 16.1 Å². The first-order valence-electron chi connectivity index (χ1n) is 9.60. The van der Waals surface area contributed by atoms with Crippen molar-refractivity contribution in [2.45, 2.75) is 68.4 Å². The van der Waals surface area contributed by atoms with Crippen molar-refractivity contribution in [2.24, 2.45) is 0 Å². The topological polar surface area (TPSA) is 56.1 Å². The number of benzene rings is 1. The van der Waals surface area contributed by atoms with E-state index in [-0.39, 0.29) is 11.2 Å². The number of carbonyl (C=O) groups excluding carboxylic acids is 1. The Morgan fingerprint density at radius 2 is 2.04 bits per heavy atom. The number of fused-ring (bicyclic) bond motifs is 1. The van der Waals surface area contributed by atoms with E-state index in [1.807, 2.05) is 25.1 Å². The monoisotopic (exact) mass is 375 g/mol. The molecule has 1 aromatic carbocycles. The zero-order chi connectivity index (χ0) is 18.4. The van der Waals surface area contributed by atoms with Crippen LogP contribution >= 0.6 is 11.8 Å². The minimum Gasteiger partial charge on any atom is -0.383 e. The zero-order valence-corrected chi connectivity index (χ0v) is 16.6. The molecule has 1 aliphatic carbocycles. The minimum atomic E-state index is -0.170. The number of thioether (sulfide) groups is 1. The van der Waals surface area contributed by atoms with Gasteiger partial charge in [-0.2, -0.15) is 0 Å². The van der Waals surface area contributed by atoms with Crippen molar-refractivity contribution in [1.29, 1.82) is 0 Å². The molecule has 1 saturated carbocycles. The largest absolute Gasteiger partial charge is 0.383 e. The van der Waals surface area contributed by atoms with Crippen LogP contribution in [-0.4, -0.2) is 40.5 Å². The lowest BCUT2D eigenvalue weighted by molar-refractivity contribution is -0.121. The van der Waals surface area contributed by atoms with Crippen LogP contribution in [0.3, 0.4) is 0 Å². The number of imidazole rings is 1. The Kier molecular flexibility index (Phi) is 6.97. The summed E-state index contributed by atoms with van der Waals surface area (Å²) in [7, 11) is 1.70. The predicted octanol–water partition coefficient (Wildman–Crippen LogP) is 4.00. The van der Waals surface area contributed by atoms with E-state index < -0.39 is 0 Å². The third kappa shape index (κ3) is 4.80. The highest BCUT2D eigenvalue weighted by Crippen LogP contribution is 2.28. The Bertz CT molecular complexity index is 723. The molecule has 3 rings (SSSR count). The lowest BCUT2D eigenvalue weighted by atomic mass is 10.1. The molecule has 0 unspecified atom stereocenters. The second-order valence-electron chi connectivity index (χ2n) is 6.98. The first-order chi connectivity index (χ1) is 12.7. The van der Waals surface area contributed by atoms with Gasteiger partial charge in [0.15, 0.2) is 5.16 Å². The number of rotatable bonds is 7. The van der Waals surface area contributed by atoms with Gasteiger partial charge in [-0.05, 0) is 31.9 Å². The van der Waals surface area contributed by atoms with Crippen molar-refractivity contribution in [3.63, 3.8) is 0 Å². The molecule has 1 aromatic heterocycles. The van der Waals surface area contributed by atoms with Gasteiger partial charge in [-0.15, -0.1) is 0 Å². The number of amides is 1. The maximum atomic E-state index is 12.7. The van der Waals surface area contributed by atoms with Crippen LogP contribution < -0.4 is 5.32 Å². The van der Waals surface area contributed by atoms with E-state index in [0.717, 1.165) is 35.6 Å². The van der Waals surface area contributed by atoms with Crippen molar-refractivity contribution in [2.75, 3.05) is 13.7 Å². The zero-order valence-electron chi connectivity index (χ0n) is 15.7. The average molecular weight is 376 g/mol. The summed E-state index contributed by atoms with van der Waals surface area (Å²) in [6.07, 6.45) is 7.24. The van der Waals surface area contributed by atoms with Crippen LogP contribution in [0.2, 0.25) is 0 Å². The molecule has 2 aromatic rings. The number of para-hydroxylation sites is 2. The van der Waals surface area contributed by atoms with Crippen LogP contribution in [0.4, 0.5) is 0 Å². The lowest BCUT2D eigenvalue weighted by Crippen LogP contribution is -2.39. The quantitative estimate of drug-likeness (QED) is 0.587. The number of aromatic nitrogens is 2. The van der Waals surface area contributed by atoms with Gasteiger partial charge in [0, 0.05) is 19.7 Å². The Balaban J connectivity index is 1.69. The summed E-state index contributed by atoms with van der Waals surface area (Å²) in [6, 6.07) is 8.42. The van der Waals surface area contributed by atoms with Gasteiger partial charge in [0.05, 0.1) is 22.9 Å². The fraction of sp³-hybridized carbons (Fsp3) is 0.600. The molecule has 1 heterocycles. The number of carbonyl (C=O) groups is 1. The van der Waals surface area contributed by atoms with Crippen molar-refractivity contribution in [3.05, 3.63) is 24.3 Å². The molecule has 0 radical (unpaired) electrons. The number of nitrogens with one attached hydrogen (secondary N) is 1. The summed E-state index contributed by atoms with van der Waals surface area (Å²) in [5.74, 6) is 0.118. The van der Waals surface area contributed by atoms with E-state index in [1.54, 1.807) is 7.11 Å². The van der Waals surface area contributed by atoms with Crippen molar-refractivity contribution in [3.8, 4) is 0 Å². The predicted molar refractivity (Wildman–Crippen MR) is 107 cm³/mol. The van der Waals surface area contributed by atoms with Gasteiger partial charge < -0.3 is 14.6 Å². The Labute approximate surface area is 159 Å². The Morgan fingerprint density at radius 1 is 1.31 bits per heavy atom. The highest BCUT2D eigenvalue weighted by Gasteiger charge is 2.22. The van der Waals surface area contributed by atoms with Crippen LogP contribution in [0.1, 0.15) is 45.4 Å². The highest BCUT2D eigenvalue weighted by molar-refractivity contribution is 8.00. The number of ether oxygens (including phenoxy) is 1. The Morgan fingerprint density at radius 3 is 2.77 bits per heavy atom. The van der Waals surface area contributed by atoms with Gasteiger partial charge in [-0.1, -0.05) is 49.6 Å². The number of hydrogen-bond donors (Lipinski definition) is 1. The van der Waals surface area contributed by atoms with E-state index in [9.17, 15) is 4.79 Å². The third-order valence-electron chi connectivity index (χ3n) is 4.99. The van der Waals surface area contributed by atoms with Crippen LogP contribution in [0.15, 0.2) is 29.4 Å². The fourth-order valence-corrected chi connectivity index (χ4v) is 4.46. The molecule has 0 aliphatic heterocycles. The second-order valence-corrected chi connectivity index (χ2v) is 8.29. The molecule has 0 saturated heterocycles. The molecule has 1 N–H and O–H groups in total. The van der Waals surface area contributed by atoms with Gasteiger partial charge >= 0.3 is 0 Å². The standard InChI is InChI=1S/C20H29N3O2S/c1-15(19(24)21-16-9-5-3-4-6-10-16)26-20-22-17-11-7-8-12-18(17)23(20)13-14-25-2/h7-8,11-12,15-16H,3-6,9-10,13-14H2,1-2H3,(H,21,24)/t15-/m0/s1. The first kappa shape index (κ1) is 19.2. The molecule has 5 nitrogen and oxygen atoms in total. The summed E-state index contributed by atoms with van der Waals surface area (Å²) >= 11 is 1.53. The molecule has 1 amide bonds. The summed E-state index contributed by atoms with van der Waals surface area (Å²) in [4.78, 5) is 17.4. The average Bonchev–Trinajstić information content (AvgIpc) is 2.80. The van der Waals surface area contributed by atoms with E-state index >= 15 is 0 Å². The second kappa shape index (κ2) is 9.42. The molecular formula is C20H29N3O2S. The number of nitrogens with zero attached hydrogens (tertiary/aromatic N) is 2. The van der Waals surface area contributed by atoms with Gasteiger partial charge in [0.1, 0.15) is 0 Å². The maximum Gasteiger partial charge on any atom is 0.233 e. The smallest absolute Gasteiger partial charge is 0.233 e. The molecule has 0 bridgehead atoms. The van der Waals surface area contributed by atoms with Gasteiger partial charge in [-0.3, -0.25) is 4.79 Å². The van der Waals surface area contributed by atoms with Crippen molar-refractivity contribution < 1.29 is 9.53 Å². The summed E-state index contributed by atoms with van der Waals surface area (Å²) in [6.45, 7) is 3.32. The molecule has 1 fully saturated rings. The molecule has 6 heteroatoms. The normalized spacial score (nSPS) is 17.2. The molecule has 26 heavy (non-hydrogen) atoms. The SMILES string of the molecule is COCCn1c(S[C@@H](C)C(=O)NC2CCCCCC2)nc2ccccc21. The van der Waals surface area contributed by atoms with Gasteiger partial charge in [0.2, 0.25) is 5.91 Å². The molecule has 142 valence electrons. The van der Waals surface area contributed by atoms with Crippen LogP contribution in [0, 0.1) is 0 Å². The lowest BCUT2D eigenvalue weighted by Gasteiger charge is -2.19. The van der Waals surface area contributed by atoms with Crippen LogP contribution in [0.25, 0.3) is 11.0 Å². The summed E-state index contributed by atoms with van der Waals surface area (Å²) in [5, 5.41) is 3.97. The van der Waals surface area contributed by atoms with E-state index in [0.29, 0.717) is 12.6 Å². The van der Waals surface area contributed by atoms with E-state index in [1.165, 1.54) is 37.4 Å². The number of hydrogen-bond acceptors (Lipinski definition) is 4. The molecule has 1 atom stereocenters. The molecular weight excluding hydrogens is 346 g/mol. The highest BCUT2D eigenvalue weighted by atomic mass is 32.2. The maximum absolute atomic E-state index is 12.7. The van der Waals surface area contributed by atoms with Crippen molar-refractivity contribution >= 4 is 28.7 Å². The minimum absolute atomic E-state index is 0.118. The van der Waals surface area contributed by atoms with Gasteiger partial charge in [0.25, 0.3) is 0 Å². The van der Waals surface area contributed by atoms with E-state index in [2.05, 4.69) is 16.0 Å². The fourth-order valence-electron chi connectivity index (χ4n) is 3.50. The van der Waals surface area contributed by atoms with Crippen LogP contribution in [0.5, 0.6) is 0 Å². The Hall–Kier alpha value is -1.53.